The van der Waals surface area contributed by atoms with Crippen LogP contribution in [-0.4, -0.2) is 23.1 Å². The van der Waals surface area contributed by atoms with Crippen LogP contribution < -0.4 is 16.2 Å². The van der Waals surface area contributed by atoms with Gasteiger partial charge in [0, 0.05) is 19.3 Å². The number of hydrazine groups is 1. The highest BCUT2D eigenvalue weighted by molar-refractivity contribution is 9.10. The number of fused-ring (bicyclic) bond motifs is 1. The lowest BCUT2D eigenvalue weighted by molar-refractivity contribution is 0.785. The van der Waals surface area contributed by atoms with Crippen molar-refractivity contribution < 1.29 is 0 Å². The zero-order valence-corrected chi connectivity index (χ0v) is 12.6. The summed E-state index contributed by atoms with van der Waals surface area (Å²) in [7, 11) is 0. The predicted octanol–water partition coefficient (Wildman–Crippen LogP) is 2.13. The summed E-state index contributed by atoms with van der Waals surface area (Å²) in [6, 6.07) is 8.62. The van der Waals surface area contributed by atoms with Crippen molar-refractivity contribution in [3.8, 4) is 0 Å². The summed E-state index contributed by atoms with van der Waals surface area (Å²) in [5.74, 6) is 6.71. The fourth-order valence-electron chi connectivity index (χ4n) is 2.53. The third kappa shape index (κ3) is 2.62. The van der Waals surface area contributed by atoms with Gasteiger partial charge in [0.05, 0.1) is 4.47 Å². The Morgan fingerprint density at radius 1 is 1.15 bits per heavy atom. The van der Waals surface area contributed by atoms with Crippen molar-refractivity contribution in [3.63, 3.8) is 0 Å². The summed E-state index contributed by atoms with van der Waals surface area (Å²) < 4.78 is 0.891. The van der Waals surface area contributed by atoms with Crippen LogP contribution in [-0.2, 0) is 12.8 Å². The maximum Gasteiger partial charge on any atom is 0.239 e. The molecule has 0 saturated carbocycles. The number of hydrogen-bond acceptors (Lipinski definition) is 5. The lowest BCUT2D eigenvalue weighted by atomic mass is 10.0. The standard InChI is InChI=1S/C14H16BrN5/c15-12-9-17-14(19-16)18-13(12)20-7-5-10-3-1-2-4-11(10)6-8-20/h1-4,9H,5-8,16H2,(H,17,18,19). The third-order valence-corrected chi connectivity index (χ3v) is 4.13. The number of nitrogens with one attached hydrogen (secondary N) is 1. The Labute approximate surface area is 126 Å². The maximum atomic E-state index is 5.39. The number of rotatable bonds is 2. The molecule has 1 aliphatic rings. The molecule has 6 heteroatoms. The smallest absolute Gasteiger partial charge is 0.239 e. The minimum absolute atomic E-state index is 0.435. The van der Waals surface area contributed by atoms with Crippen molar-refractivity contribution in [2.24, 2.45) is 5.84 Å². The molecule has 0 unspecified atom stereocenters. The van der Waals surface area contributed by atoms with Gasteiger partial charge in [0.25, 0.3) is 0 Å². The fraction of sp³-hybridized carbons (Fsp3) is 0.286. The Morgan fingerprint density at radius 2 is 1.80 bits per heavy atom. The molecule has 0 spiro atoms. The number of halogens is 1. The van der Waals surface area contributed by atoms with Crippen molar-refractivity contribution in [3.05, 3.63) is 46.1 Å². The molecule has 2 heterocycles. The number of anilines is 2. The summed E-state index contributed by atoms with van der Waals surface area (Å²) in [4.78, 5) is 10.8. The molecule has 104 valence electrons. The van der Waals surface area contributed by atoms with Gasteiger partial charge in [-0.3, -0.25) is 5.43 Å². The van der Waals surface area contributed by atoms with Gasteiger partial charge in [-0.15, -0.1) is 0 Å². The molecular formula is C14H16BrN5. The van der Waals surface area contributed by atoms with Crippen molar-refractivity contribution in [2.45, 2.75) is 12.8 Å². The van der Waals surface area contributed by atoms with E-state index in [-0.39, 0.29) is 0 Å². The topological polar surface area (TPSA) is 67.1 Å². The second-order valence-corrected chi connectivity index (χ2v) is 5.62. The summed E-state index contributed by atoms with van der Waals surface area (Å²) >= 11 is 3.52. The van der Waals surface area contributed by atoms with Gasteiger partial charge in [-0.2, -0.15) is 4.98 Å². The van der Waals surface area contributed by atoms with E-state index in [1.807, 2.05) is 0 Å². The lowest BCUT2D eigenvalue weighted by Gasteiger charge is -2.22. The van der Waals surface area contributed by atoms with Crippen LogP contribution in [0.2, 0.25) is 0 Å². The van der Waals surface area contributed by atoms with E-state index in [1.54, 1.807) is 6.20 Å². The quantitative estimate of drug-likeness (QED) is 0.651. The van der Waals surface area contributed by atoms with Gasteiger partial charge in [0.2, 0.25) is 5.95 Å². The number of hydrogen-bond donors (Lipinski definition) is 2. The van der Waals surface area contributed by atoms with Gasteiger partial charge in [0.1, 0.15) is 5.82 Å². The number of nitrogen functional groups attached to an aromatic ring is 1. The Balaban J connectivity index is 1.86. The molecule has 0 aliphatic carbocycles. The summed E-state index contributed by atoms with van der Waals surface area (Å²) in [6.45, 7) is 1.88. The normalized spacial score (nSPS) is 14.6. The van der Waals surface area contributed by atoms with Crippen molar-refractivity contribution in [1.29, 1.82) is 0 Å². The largest absolute Gasteiger partial charge is 0.355 e. The van der Waals surface area contributed by atoms with E-state index >= 15 is 0 Å². The first-order valence-electron chi connectivity index (χ1n) is 6.59. The van der Waals surface area contributed by atoms with Gasteiger partial charge in [-0.25, -0.2) is 10.8 Å². The van der Waals surface area contributed by atoms with Crippen molar-refractivity contribution >= 4 is 27.7 Å². The van der Waals surface area contributed by atoms with Crippen LogP contribution in [0.1, 0.15) is 11.1 Å². The van der Waals surface area contributed by atoms with Crippen LogP contribution in [0.25, 0.3) is 0 Å². The average molecular weight is 334 g/mol. The molecule has 2 aromatic rings. The lowest BCUT2D eigenvalue weighted by Crippen LogP contribution is -2.28. The van der Waals surface area contributed by atoms with E-state index in [0.29, 0.717) is 5.95 Å². The Bertz CT molecular complexity index is 589. The van der Waals surface area contributed by atoms with Crippen LogP contribution in [0.3, 0.4) is 0 Å². The van der Waals surface area contributed by atoms with E-state index in [0.717, 1.165) is 36.2 Å². The van der Waals surface area contributed by atoms with Gasteiger partial charge >= 0.3 is 0 Å². The molecule has 1 aromatic carbocycles. The van der Waals surface area contributed by atoms with Crippen LogP contribution in [0.4, 0.5) is 11.8 Å². The molecular weight excluding hydrogens is 318 g/mol. The maximum absolute atomic E-state index is 5.39. The molecule has 1 aromatic heterocycles. The number of nitrogens with zero attached hydrogens (tertiary/aromatic N) is 3. The number of aromatic nitrogens is 2. The van der Waals surface area contributed by atoms with Crippen molar-refractivity contribution in [2.75, 3.05) is 23.4 Å². The highest BCUT2D eigenvalue weighted by Crippen LogP contribution is 2.26. The Kier molecular flexibility index (Phi) is 3.84. The van der Waals surface area contributed by atoms with E-state index in [2.05, 4.69) is 60.5 Å². The molecule has 0 amide bonds. The summed E-state index contributed by atoms with van der Waals surface area (Å²) in [6.07, 6.45) is 3.78. The van der Waals surface area contributed by atoms with Crippen molar-refractivity contribution in [1.82, 2.24) is 9.97 Å². The molecule has 0 fully saturated rings. The zero-order valence-electron chi connectivity index (χ0n) is 11.0. The average Bonchev–Trinajstić information content (AvgIpc) is 2.70. The zero-order chi connectivity index (χ0) is 13.9. The first kappa shape index (κ1) is 13.3. The monoisotopic (exact) mass is 333 g/mol. The van der Waals surface area contributed by atoms with E-state index < -0.39 is 0 Å². The minimum Gasteiger partial charge on any atom is -0.355 e. The Hall–Kier alpha value is -1.66. The molecule has 20 heavy (non-hydrogen) atoms. The molecule has 1 aliphatic heterocycles. The summed E-state index contributed by atoms with van der Waals surface area (Å²) in [5, 5.41) is 0. The molecule has 3 rings (SSSR count). The molecule has 3 N–H and O–H groups in total. The SMILES string of the molecule is NNc1ncc(Br)c(N2CCc3ccccc3CC2)n1. The molecule has 0 bridgehead atoms. The molecule has 5 nitrogen and oxygen atoms in total. The second-order valence-electron chi connectivity index (χ2n) is 4.77. The van der Waals surface area contributed by atoms with E-state index in [1.165, 1.54) is 11.1 Å². The van der Waals surface area contributed by atoms with Crippen LogP contribution in [0.5, 0.6) is 0 Å². The molecule has 0 saturated heterocycles. The van der Waals surface area contributed by atoms with Gasteiger partial charge in [-0.1, -0.05) is 24.3 Å². The molecule has 0 atom stereocenters. The number of benzene rings is 1. The molecule has 0 radical (unpaired) electrons. The summed E-state index contributed by atoms with van der Waals surface area (Å²) in [5.41, 5.74) is 5.35. The van der Waals surface area contributed by atoms with Gasteiger partial charge in [-0.05, 0) is 39.9 Å². The van der Waals surface area contributed by atoms with Gasteiger partial charge < -0.3 is 4.90 Å². The fourth-order valence-corrected chi connectivity index (χ4v) is 2.97. The predicted molar refractivity (Wildman–Crippen MR) is 83.6 cm³/mol. The minimum atomic E-state index is 0.435. The van der Waals surface area contributed by atoms with E-state index in [4.69, 9.17) is 5.84 Å². The third-order valence-electron chi connectivity index (χ3n) is 3.57. The number of nitrogens with two attached hydrogens (primary N) is 1. The van der Waals surface area contributed by atoms with E-state index in [9.17, 15) is 0 Å². The highest BCUT2D eigenvalue weighted by Gasteiger charge is 2.17. The first-order chi connectivity index (χ1) is 9.78. The van der Waals surface area contributed by atoms with Gasteiger partial charge in [0.15, 0.2) is 0 Å². The highest BCUT2D eigenvalue weighted by atomic mass is 79.9. The van der Waals surface area contributed by atoms with Crippen LogP contribution >= 0.6 is 15.9 Å². The Morgan fingerprint density at radius 3 is 2.40 bits per heavy atom. The first-order valence-corrected chi connectivity index (χ1v) is 7.38. The van der Waals surface area contributed by atoms with Crippen LogP contribution in [0.15, 0.2) is 34.9 Å². The van der Waals surface area contributed by atoms with Crippen LogP contribution in [0, 0.1) is 0 Å². The second kappa shape index (κ2) is 5.76.